The number of rotatable bonds is 7. The van der Waals surface area contributed by atoms with E-state index in [0.29, 0.717) is 0 Å². The Hall–Kier alpha value is -3.15. The Kier molecular flexibility index (Phi) is 5.68. The van der Waals surface area contributed by atoms with Crippen LogP contribution in [0.1, 0.15) is 16.1 Å². The standard InChI is InChI=1S/C18H16O6/c1-3-9-22-15(19)11-13-16(20)12-7-5-6-8-14(12)24-17(13)18(21)23-10-4-2/h3-8H,1-2,9-11H2. The highest BCUT2D eigenvalue weighted by Crippen LogP contribution is 2.17. The van der Waals surface area contributed by atoms with Crippen molar-refractivity contribution in [2.24, 2.45) is 0 Å². The van der Waals surface area contributed by atoms with Crippen LogP contribution in [0.15, 0.2) is 58.8 Å². The molecule has 0 saturated heterocycles. The highest BCUT2D eigenvalue weighted by Gasteiger charge is 2.24. The van der Waals surface area contributed by atoms with Gasteiger partial charge in [-0.05, 0) is 12.1 Å². The third kappa shape index (κ3) is 3.78. The fourth-order valence-corrected chi connectivity index (χ4v) is 2.05. The topological polar surface area (TPSA) is 82.8 Å². The summed E-state index contributed by atoms with van der Waals surface area (Å²) in [4.78, 5) is 36.6. The van der Waals surface area contributed by atoms with Gasteiger partial charge in [0, 0.05) is 0 Å². The lowest BCUT2D eigenvalue weighted by atomic mass is 10.1. The first-order chi connectivity index (χ1) is 11.6. The number of ether oxygens (including phenoxy) is 2. The molecule has 1 aromatic carbocycles. The van der Waals surface area contributed by atoms with E-state index in [9.17, 15) is 14.4 Å². The third-order valence-electron chi connectivity index (χ3n) is 3.09. The predicted molar refractivity (Wildman–Crippen MR) is 87.8 cm³/mol. The Morgan fingerprint density at radius 1 is 1.08 bits per heavy atom. The second-order valence-electron chi connectivity index (χ2n) is 4.77. The Balaban J connectivity index is 2.51. The van der Waals surface area contributed by atoms with Crippen molar-refractivity contribution in [3.8, 4) is 0 Å². The largest absolute Gasteiger partial charge is 0.461 e. The zero-order chi connectivity index (χ0) is 17.5. The number of carbonyl (C=O) groups excluding carboxylic acids is 2. The molecule has 0 N–H and O–H groups in total. The molecule has 124 valence electrons. The molecule has 0 radical (unpaired) electrons. The first-order valence-corrected chi connectivity index (χ1v) is 7.17. The van der Waals surface area contributed by atoms with Crippen molar-refractivity contribution < 1.29 is 23.5 Å². The van der Waals surface area contributed by atoms with E-state index in [0.717, 1.165) is 0 Å². The van der Waals surface area contributed by atoms with Crippen molar-refractivity contribution in [3.63, 3.8) is 0 Å². The SMILES string of the molecule is C=CCOC(=O)Cc1c(C(=O)OCC=C)oc2ccccc2c1=O. The lowest BCUT2D eigenvalue weighted by Gasteiger charge is -2.09. The van der Waals surface area contributed by atoms with Crippen molar-refractivity contribution in [2.75, 3.05) is 13.2 Å². The fraction of sp³-hybridized carbons (Fsp3) is 0.167. The van der Waals surface area contributed by atoms with Gasteiger partial charge in [-0.1, -0.05) is 37.4 Å². The van der Waals surface area contributed by atoms with Crippen molar-refractivity contribution in [2.45, 2.75) is 6.42 Å². The molecule has 0 aliphatic heterocycles. The molecular weight excluding hydrogens is 312 g/mol. The van der Waals surface area contributed by atoms with E-state index < -0.39 is 23.8 Å². The summed E-state index contributed by atoms with van der Waals surface area (Å²) in [5.74, 6) is -1.82. The maximum absolute atomic E-state index is 12.6. The predicted octanol–water partition coefficient (Wildman–Crippen LogP) is 2.41. The number of fused-ring (bicyclic) bond motifs is 1. The monoisotopic (exact) mass is 328 g/mol. The minimum absolute atomic E-state index is 0.00793. The molecule has 0 amide bonds. The molecule has 0 atom stereocenters. The molecule has 0 saturated carbocycles. The first-order valence-electron chi connectivity index (χ1n) is 7.17. The summed E-state index contributed by atoms with van der Waals surface area (Å²) >= 11 is 0. The van der Waals surface area contributed by atoms with Crippen molar-refractivity contribution in [1.82, 2.24) is 0 Å². The normalized spacial score (nSPS) is 10.2. The van der Waals surface area contributed by atoms with Crippen LogP contribution in [0.25, 0.3) is 11.0 Å². The number of esters is 2. The molecule has 0 bridgehead atoms. The van der Waals surface area contributed by atoms with E-state index in [1.165, 1.54) is 12.2 Å². The van der Waals surface area contributed by atoms with E-state index in [4.69, 9.17) is 13.9 Å². The number of carbonyl (C=O) groups is 2. The molecule has 0 aliphatic rings. The minimum Gasteiger partial charge on any atom is -0.461 e. The van der Waals surface area contributed by atoms with Gasteiger partial charge >= 0.3 is 11.9 Å². The van der Waals surface area contributed by atoms with Crippen molar-refractivity contribution in [3.05, 3.63) is 71.1 Å². The van der Waals surface area contributed by atoms with E-state index in [2.05, 4.69) is 13.2 Å². The average Bonchev–Trinajstić information content (AvgIpc) is 2.60. The zero-order valence-electron chi connectivity index (χ0n) is 12.9. The maximum atomic E-state index is 12.6. The van der Waals surface area contributed by atoms with Gasteiger partial charge in [-0.2, -0.15) is 0 Å². The zero-order valence-corrected chi connectivity index (χ0v) is 12.9. The number of benzene rings is 1. The van der Waals surface area contributed by atoms with Crippen LogP contribution in [-0.2, 0) is 20.7 Å². The first kappa shape index (κ1) is 17.2. The smallest absolute Gasteiger partial charge is 0.375 e. The Bertz CT molecular complexity index is 846. The maximum Gasteiger partial charge on any atom is 0.375 e. The van der Waals surface area contributed by atoms with Crippen LogP contribution in [0.2, 0.25) is 0 Å². The molecule has 24 heavy (non-hydrogen) atoms. The summed E-state index contributed by atoms with van der Waals surface area (Å²) < 4.78 is 15.3. The Morgan fingerprint density at radius 3 is 2.46 bits per heavy atom. The summed E-state index contributed by atoms with van der Waals surface area (Å²) in [5, 5.41) is 0.268. The van der Waals surface area contributed by atoms with Crippen LogP contribution < -0.4 is 5.43 Å². The van der Waals surface area contributed by atoms with Gasteiger partial charge in [-0.3, -0.25) is 9.59 Å². The number of hydrogen-bond acceptors (Lipinski definition) is 6. The van der Waals surface area contributed by atoms with Gasteiger partial charge in [0.05, 0.1) is 17.4 Å². The second-order valence-corrected chi connectivity index (χ2v) is 4.77. The van der Waals surface area contributed by atoms with Gasteiger partial charge in [-0.15, -0.1) is 0 Å². The van der Waals surface area contributed by atoms with Gasteiger partial charge in [0.1, 0.15) is 18.8 Å². The highest BCUT2D eigenvalue weighted by atomic mass is 16.5. The molecule has 1 aromatic heterocycles. The molecule has 0 aliphatic carbocycles. The molecule has 0 fully saturated rings. The summed E-state index contributed by atoms with van der Waals surface area (Å²) in [6, 6.07) is 6.44. The molecular formula is C18H16O6. The number of para-hydroxylation sites is 1. The summed E-state index contributed by atoms with van der Waals surface area (Å²) in [6.45, 7) is 6.84. The summed E-state index contributed by atoms with van der Waals surface area (Å²) in [5.41, 5.74) is -0.342. The van der Waals surface area contributed by atoms with Gasteiger partial charge in [-0.25, -0.2) is 4.79 Å². The van der Waals surface area contributed by atoms with Crippen LogP contribution in [0.4, 0.5) is 0 Å². The van der Waals surface area contributed by atoms with E-state index in [-0.39, 0.29) is 35.5 Å². The third-order valence-corrected chi connectivity index (χ3v) is 3.09. The molecule has 1 heterocycles. The summed E-state index contributed by atoms with van der Waals surface area (Å²) in [7, 11) is 0. The van der Waals surface area contributed by atoms with Crippen LogP contribution >= 0.6 is 0 Å². The van der Waals surface area contributed by atoms with Crippen LogP contribution in [0.3, 0.4) is 0 Å². The number of hydrogen-bond donors (Lipinski definition) is 0. The quantitative estimate of drug-likeness (QED) is 0.573. The van der Waals surface area contributed by atoms with Crippen molar-refractivity contribution >= 4 is 22.9 Å². The lowest BCUT2D eigenvalue weighted by Crippen LogP contribution is -2.22. The average molecular weight is 328 g/mol. The van der Waals surface area contributed by atoms with Gasteiger partial charge in [0.2, 0.25) is 5.76 Å². The molecule has 2 aromatic rings. The van der Waals surface area contributed by atoms with E-state index in [1.54, 1.807) is 24.3 Å². The van der Waals surface area contributed by atoms with Crippen LogP contribution in [0.5, 0.6) is 0 Å². The molecule has 2 rings (SSSR count). The lowest BCUT2D eigenvalue weighted by molar-refractivity contribution is -0.141. The van der Waals surface area contributed by atoms with Crippen molar-refractivity contribution in [1.29, 1.82) is 0 Å². The molecule has 0 unspecified atom stereocenters. The van der Waals surface area contributed by atoms with Crippen LogP contribution in [0, 0.1) is 0 Å². The van der Waals surface area contributed by atoms with Gasteiger partial charge in [0.15, 0.2) is 5.43 Å². The van der Waals surface area contributed by atoms with Gasteiger partial charge < -0.3 is 13.9 Å². The Labute approximate surface area is 138 Å². The Morgan fingerprint density at radius 2 is 1.75 bits per heavy atom. The molecule has 6 nitrogen and oxygen atoms in total. The van der Waals surface area contributed by atoms with Gasteiger partial charge in [0.25, 0.3) is 0 Å². The fourth-order valence-electron chi connectivity index (χ4n) is 2.05. The van der Waals surface area contributed by atoms with Crippen LogP contribution in [-0.4, -0.2) is 25.2 Å². The second kappa shape index (κ2) is 7.92. The summed E-state index contributed by atoms with van der Waals surface area (Å²) in [6.07, 6.45) is 2.38. The van der Waals surface area contributed by atoms with E-state index >= 15 is 0 Å². The highest BCUT2D eigenvalue weighted by molar-refractivity contribution is 5.92. The minimum atomic E-state index is -0.843. The molecule has 6 heteroatoms. The molecule has 0 spiro atoms. The van der Waals surface area contributed by atoms with E-state index in [1.807, 2.05) is 0 Å².